The highest BCUT2D eigenvalue weighted by molar-refractivity contribution is 9.10. The minimum Gasteiger partial charge on any atom is -0.478 e. The lowest BCUT2D eigenvalue weighted by molar-refractivity contribution is -0.164. The van der Waals surface area contributed by atoms with Gasteiger partial charge in [0.15, 0.2) is 0 Å². The molecule has 1 unspecified atom stereocenters. The number of ether oxygens (including phenoxy) is 2. The molecule has 0 spiro atoms. The molecule has 1 aliphatic rings. The van der Waals surface area contributed by atoms with E-state index in [0.717, 1.165) is 4.47 Å². The number of hydrogen-bond acceptors (Lipinski definition) is 4. The summed E-state index contributed by atoms with van der Waals surface area (Å²) in [5.41, 5.74) is -2.73. The summed E-state index contributed by atoms with van der Waals surface area (Å²) in [4.78, 5) is 26.2. The van der Waals surface area contributed by atoms with Crippen molar-refractivity contribution < 1.29 is 24.2 Å². The molecule has 6 nitrogen and oxygen atoms in total. The average molecular weight is 428 g/mol. The third-order valence-electron chi connectivity index (χ3n) is 4.32. The Kier molecular flexibility index (Phi) is 5.61. The van der Waals surface area contributed by atoms with Crippen LogP contribution in [-0.4, -0.2) is 45.4 Å². The number of carbonyl (C=O) groups excluding carboxylic acids is 1. The van der Waals surface area contributed by atoms with Crippen molar-refractivity contribution in [2.75, 3.05) is 6.54 Å². The molecule has 0 aromatic heterocycles. The van der Waals surface area contributed by atoms with E-state index in [-0.39, 0.29) is 19.4 Å². The van der Waals surface area contributed by atoms with Crippen LogP contribution in [0.15, 0.2) is 28.7 Å². The molecule has 2 rings (SSSR count). The van der Waals surface area contributed by atoms with Gasteiger partial charge in [-0.05, 0) is 58.9 Å². The number of aliphatic carboxylic acids is 1. The second-order valence-electron chi connectivity index (χ2n) is 8.23. The first kappa shape index (κ1) is 20.6. The van der Waals surface area contributed by atoms with E-state index in [2.05, 4.69) is 15.9 Å². The molecule has 0 saturated carbocycles. The van der Waals surface area contributed by atoms with Crippen molar-refractivity contribution in [3.8, 4) is 5.75 Å². The SMILES string of the molecule is CC(C)(C)OC(=O)N1CCC(Oc2ccc(Br)cc2)(C(=O)O)CC1(C)C. The maximum Gasteiger partial charge on any atom is 0.410 e. The van der Waals surface area contributed by atoms with E-state index in [1.165, 1.54) is 0 Å². The van der Waals surface area contributed by atoms with Crippen molar-refractivity contribution in [2.24, 2.45) is 0 Å². The minimum absolute atomic E-state index is 0.157. The van der Waals surface area contributed by atoms with Gasteiger partial charge in [0.1, 0.15) is 11.4 Å². The van der Waals surface area contributed by atoms with Crippen molar-refractivity contribution in [2.45, 2.75) is 64.2 Å². The quantitative estimate of drug-likeness (QED) is 0.770. The zero-order chi connectivity index (χ0) is 19.8. The smallest absolute Gasteiger partial charge is 0.410 e. The van der Waals surface area contributed by atoms with Crippen LogP contribution in [0.25, 0.3) is 0 Å². The highest BCUT2D eigenvalue weighted by Gasteiger charge is 2.53. The van der Waals surface area contributed by atoms with Gasteiger partial charge in [0.2, 0.25) is 5.60 Å². The molecule has 1 aromatic rings. The maximum absolute atomic E-state index is 12.5. The Morgan fingerprint density at radius 2 is 1.77 bits per heavy atom. The molecular weight excluding hydrogens is 402 g/mol. The topological polar surface area (TPSA) is 76.1 Å². The summed E-state index contributed by atoms with van der Waals surface area (Å²) in [5, 5.41) is 9.88. The summed E-state index contributed by atoms with van der Waals surface area (Å²) in [5.74, 6) is -0.547. The molecule has 7 heteroatoms. The number of hydrogen-bond donors (Lipinski definition) is 1. The average Bonchev–Trinajstić information content (AvgIpc) is 2.46. The molecule has 26 heavy (non-hydrogen) atoms. The van der Waals surface area contributed by atoms with Crippen LogP contribution in [0.1, 0.15) is 47.5 Å². The molecule has 144 valence electrons. The van der Waals surface area contributed by atoms with Gasteiger partial charge in [0.25, 0.3) is 0 Å². The molecule has 1 saturated heterocycles. The first-order valence-corrected chi connectivity index (χ1v) is 9.33. The van der Waals surface area contributed by atoms with E-state index in [1.807, 2.05) is 13.8 Å². The van der Waals surface area contributed by atoms with Crippen molar-refractivity contribution in [3.05, 3.63) is 28.7 Å². The van der Waals surface area contributed by atoms with Gasteiger partial charge in [-0.1, -0.05) is 15.9 Å². The largest absolute Gasteiger partial charge is 0.478 e. The van der Waals surface area contributed by atoms with Crippen LogP contribution < -0.4 is 4.74 Å². The Balaban J connectivity index is 2.23. The van der Waals surface area contributed by atoms with E-state index < -0.39 is 28.8 Å². The third-order valence-corrected chi connectivity index (χ3v) is 4.85. The van der Waals surface area contributed by atoms with Crippen molar-refractivity contribution >= 4 is 28.0 Å². The number of carboxylic acid groups (broad SMARTS) is 1. The summed E-state index contributed by atoms with van der Waals surface area (Å²) >= 11 is 3.35. The Bertz CT molecular complexity index is 680. The van der Waals surface area contributed by atoms with Crippen LogP contribution in [0.5, 0.6) is 5.75 Å². The predicted molar refractivity (Wildman–Crippen MR) is 101 cm³/mol. The first-order chi connectivity index (χ1) is 11.8. The van der Waals surface area contributed by atoms with Crippen LogP contribution in [0.4, 0.5) is 4.79 Å². The molecule has 1 aromatic carbocycles. The Hall–Kier alpha value is -1.76. The molecule has 0 bridgehead atoms. The number of carboxylic acids is 1. The first-order valence-electron chi connectivity index (χ1n) is 8.53. The monoisotopic (exact) mass is 427 g/mol. The van der Waals surface area contributed by atoms with Crippen molar-refractivity contribution in [1.82, 2.24) is 4.90 Å². The zero-order valence-electron chi connectivity index (χ0n) is 15.8. The lowest BCUT2D eigenvalue weighted by Gasteiger charge is -2.49. The van der Waals surface area contributed by atoms with E-state index in [9.17, 15) is 14.7 Å². The maximum atomic E-state index is 12.5. The van der Waals surface area contributed by atoms with Gasteiger partial charge in [-0.2, -0.15) is 0 Å². The number of likely N-dealkylation sites (tertiary alicyclic amines) is 1. The molecule has 1 amide bonds. The highest BCUT2D eigenvalue weighted by atomic mass is 79.9. The number of rotatable bonds is 3. The van der Waals surface area contributed by atoms with Gasteiger partial charge in [0.05, 0.1) is 0 Å². The molecular formula is C19H26BrNO5. The van der Waals surface area contributed by atoms with E-state index in [0.29, 0.717) is 5.75 Å². The van der Waals surface area contributed by atoms with E-state index >= 15 is 0 Å². The lowest BCUT2D eigenvalue weighted by Crippen LogP contribution is -2.63. The fourth-order valence-corrected chi connectivity index (χ4v) is 3.44. The predicted octanol–water partition coefficient (Wildman–Crippen LogP) is 4.46. The molecule has 1 atom stereocenters. The van der Waals surface area contributed by atoms with Crippen LogP contribution in [0.2, 0.25) is 0 Å². The second-order valence-corrected chi connectivity index (χ2v) is 9.14. The molecule has 0 aliphatic carbocycles. The Labute approximate surface area is 162 Å². The Morgan fingerprint density at radius 1 is 1.19 bits per heavy atom. The number of halogens is 1. The summed E-state index contributed by atoms with van der Waals surface area (Å²) in [6, 6.07) is 7.04. The van der Waals surface area contributed by atoms with E-state index in [4.69, 9.17) is 9.47 Å². The van der Waals surface area contributed by atoms with Gasteiger partial charge in [0, 0.05) is 29.4 Å². The fourth-order valence-electron chi connectivity index (χ4n) is 3.17. The number of carbonyl (C=O) groups is 2. The van der Waals surface area contributed by atoms with Gasteiger partial charge < -0.3 is 19.5 Å². The number of amides is 1. The summed E-state index contributed by atoms with van der Waals surface area (Å²) in [6.45, 7) is 9.32. The van der Waals surface area contributed by atoms with Gasteiger partial charge in [-0.3, -0.25) is 0 Å². The summed E-state index contributed by atoms with van der Waals surface area (Å²) in [7, 11) is 0. The normalized spacial score (nSPS) is 22.6. The number of piperidine rings is 1. The highest BCUT2D eigenvalue weighted by Crippen LogP contribution is 2.39. The van der Waals surface area contributed by atoms with Crippen LogP contribution in [-0.2, 0) is 9.53 Å². The third kappa shape index (κ3) is 4.69. The summed E-state index contributed by atoms with van der Waals surface area (Å²) in [6.07, 6.45) is -0.101. The van der Waals surface area contributed by atoms with Crippen LogP contribution >= 0.6 is 15.9 Å². The fraction of sp³-hybridized carbons (Fsp3) is 0.579. The van der Waals surface area contributed by atoms with E-state index in [1.54, 1.807) is 49.9 Å². The van der Waals surface area contributed by atoms with Gasteiger partial charge in [-0.25, -0.2) is 9.59 Å². The minimum atomic E-state index is -1.39. The molecule has 1 heterocycles. The zero-order valence-corrected chi connectivity index (χ0v) is 17.4. The second kappa shape index (κ2) is 7.10. The summed E-state index contributed by atoms with van der Waals surface area (Å²) < 4.78 is 12.3. The van der Waals surface area contributed by atoms with Gasteiger partial charge >= 0.3 is 12.1 Å². The molecule has 1 fully saturated rings. The number of benzene rings is 1. The van der Waals surface area contributed by atoms with Crippen LogP contribution in [0.3, 0.4) is 0 Å². The van der Waals surface area contributed by atoms with Crippen molar-refractivity contribution in [3.63, 3.8) is 0 Å². The standard InChI is InChI=1S/C19H26BrNO5/c1-17(2,3)26-16(24)21-11-10-19(15(22)23,12-18(21,4)5)25-14-8-6-13(20)7-9-14/h6-9H,10-12H2,1-5H3,(H,22,23). The van der Waals surface area contributed by atoms with Gasteiger partial charge in [-0.15, -0.1) is 0 Å². The lowest BCUT2D eigenvalue weighted by atomic mass is 9.79. The molecule has 1 aliphatic heterocycles. The molecule has 1 N–H and O–H groups in total. The van der Waals surface area contributed by atoms with Crippen LogP contribution in [0, 0.1) is 0 Å². The molecule has 0 radical (unpaired) electrons. The Morgan fingerprint density at radius 3 is 2.23 bits per heavy atom. The van der Waals surface area contributed by atoms with Crippen molar-refractivity contribution in [1.29, 1.82) is 0 Å². The number of nitrogens with zero attached hydrogens (tertiary/aromatic N) is 1.